The second kappa shape index (κ2) is 7.95. The molecule has 1 aromatic heterocycles. The summed E-state index contributed by atoms with van der Waals surface area (Å²) in [4.78, 5) is 29.5. The number of H-pyrrole nitrogens is 1. The fourth-order valence-electron chi connectivity index (χ4n) is 2.87. The number of amides is 1. The number of carbonyl (C=O) groups excluding carboxylic acids is 2. The first-order chi connectivity index (χ1) is 12.5. The molecule has 7 heteroatoms. The molecule has 1 saturated heterocycles. The number of nitrogens with one attached hydrogen (secondary N) is 2. The molecule has 1 fully saturated rings. The predicted octanol–water partition coefficient (Wildman–Crippen LogP) is 2.34. The van der Waals surface area contributed by atoms with E-state index in [0.29, 0.717) is 22.6 Å². The third-order valence-electron chi connectivity index (χ3n) is 4.27. The summed E-state index contributed by atoms with van der Waals surface area (Å²) in [5.41, 5.74) is 1.20. The van der Waals surface area contributed by atoms with E-state index < -0.39 is 24.3 Å². The van der Waals surface area contributed by atoms with Crippen molar-refractivity contribution in [3.05, 3.63) is 53.5 Å². The zero-order chi connectivity index (χ0) is 18.5. The number of aryl methyl sites for hydroxylation is 1. The first-order valence-corrected chi connectivity index (χ1v) is 8.53. The number of carbonyl (C=O) groups is 2. The first kappa shape index (κ1) is 17.8. The summed E-state index contributed by atoms with van der Waals surface area (Å²) in [6.45, 7) is 2.95. The molecule has 1 amide bonds. The second-order valence-corrected chi connectivity index (χ2v) is 6.21. The van der Waals surface area contributed by atoms with Crippen LogP contribution in [0.4, 0.5) is 15.9 Å². The smallest absolute Gasteiger partial charge is 0.347 e. The minimum absolute atomic E-state index is 0.319. The molecule has 2 heterocycles. The summed E-state index contributed by atoms with van der Waals surface area (Å²) in [5.74, 6) is -0.802. The predicted molar refractivity (Wildman–Crippen MR) is 94.5 cm³/mol. The van der Waals surface area contributed by atoms with Gasteiger partial charge in [-0.05, 0) is 49.6 Å². The van der Waals surface area contributed by atoms with Gasteiger partial charge in [0, 0.05) is 5.69 Å². The van der Waals surface area contributed by atoms with Crippen molar-refractivity contribution >= 4 is 23.4 Å². The van der Waals surface area contributed by atoms with E-state index in [9.17, 15) is 14.0 Å². The Balaban J connectivity index is 1.60. The standard InChI is InChI=1S/C19H20FN3O3/c1-13-6-7-14(11-16(13)20)22-17(24)12-26-19(25)15-5-4-8-21-18(15)23-9-2-3-10-23/h4-8,11H,2-3,9-10,12H2,1H3,(H,22,24)/p+1. The SMILES string of the molecule is Cc1ccc(NC(=O)COC(=O)c2ccc[nH+]c2N2CCCC2)cc1F. The molecule has 0 radical (unpaired) electrons. The lowest BCUT2D eigenvalue weighted by Gasteiger charge is -2.12. The van der Waals surface area contributed by atoms with Crippen LogP contribution in [0.2, 0.25) is 0 Å². The summed E-state index contributed by atoms with van der Waals surface area (Å²) in [6.07, 6.45) is 3.91. The summed E-state index contributed by atoms with van der Waals surface area (Å²) in [5, 5.41) is 2.51. The molecule has 0 unspecified atom stereocenters. The van der Waals surface area contributed by atoms with Crippen molar-refractivity contribution in [2.45, 2.75) is 19.8 Å². The summed E-state index contributed by atoms with van der Waals surface area (Å²) >= 11 is 0. The van der Waals surface area contributed by atoms with Gasteiger partial charge < -0.3 is 10.1 Å². The Bertz CT molecular complexity index is 819. The number of hydrogen-bond acceptors (Lipinski definition) is 4. The fourth-order valence-corrected chi connectivity index (χ4v) is 2.87. The Morgan fingerprint density at radius 2 is 2.04 bits per heavy atom. The number of anilines is 2. The molecule has 26 heavy (non-hydrogen) atoms. The molecule has 0 atom stereocenters. The van der Waals surface area contributed by atoms with Gasteiger partial charge in [0.15, 0.2) is 6.61 Å². The Kier molecular flexibility index (Phi) is 5.46. The quantitative estimate of drug-likeness (QED) is 0.833. The average molecular weight is 358 g/mol. The van der Waals surface area contributed by atoms with Gasteiger partial charge >= 0.3 is 5.97 Å². The average Bonchev–Trinajstić information content (AvgIpc) is 3.17. The van der Waals surface area contributed by atoms with E-state index >= 15 is 0 Å². The van der Waals surface area contributed by atoms with Gasteiger partial charge in [0.1, 0.15) is 11.4 Å². The van der Waals surface area contributed by atoms with E-state index in [2.05, 4.69) is 15.2 Å². The number of esters is 1. The second-order valence-electron chi connectivity index (χ2n) is 6.21. The van der Waals surface area contributed by atoms with Gasteiger partial charge in [-0.1, -0.05) is 6.07 Å². The molecule has 0 saturated carbocycles. The molecule has 0 aliphatic carbocycles. The highest BCUT2D eigenvalue weighted by molar-refractivity contribution is 5.97. The Morgan fingerprint density at radius 3 is 2.77 bits per heavy atom. The van der Waals surface area contributed by atoms with Gasteiger partial charge in [-0.2, -0.15) is 0 Å². The molecule has 1 aliphatic heterocycles. The Morgan fingerprint density at radius 1 is 1.27 bits per heavy atom. The van der Waals surface area contributed by atoms with Crippen LogP contribution < -0.4 is 15.2 Å². The van der Waals surface area contributed by atoms with E-state index in [-0.39, 0.29) is 0 Å². The lowest BCUT2D eigenvalue weighted by atomic mass is 10.2. The van der Waals surface area contributed by atoms with E-state index in [1.165, 1.54) is 6.07 Å². The van der Waals surface area contributed by atoms with Gasteiger partial charge in [0.2, 0.25) is 0 Å². The summed E-state index contributed by atoms with van der Waals surface area (Å²) in [6, 6.07) is 7.77. The van der Waals surface area contributed by atoms with Crippen molar-refractivity contribution in [1.82, 2.24) is 0 Å². The fraction of sp³-hybridized carbons (Fsp3) is 0.316. The molecule has 1 aromatic carbocycles. The van der Waals surface area contributed by atoms with Crippen molar-refractivity contribution in [3.63, 3.8) is 0 Å². The number of nitrogens with zero attached hydrogens (tertiary/aromatic N) is 1. The largest absolute Gasteiger partial charge is 0.452 e. The van der Waals surface area contributed by atoms with Gasteiger partial charge in [0.25, 0.3) is 11.7 Å². The number of halogens is 1. The molecule has 2 N–H and O–H groups in total. The van der Waals surface area contributed by atoms with Crippen molar-refractivity contribution in [2.24, 2.45) is 0 Å². The Hall–Kier alpha value is -2.96. The third-order valence-corrected chi connectivity index (χ3v) is 4.27. The minimum Gasteiger partial charge on any atom is -0.452 e. The van der Waals surface area contributed by atoms with Crippen LogP contribution in [0.1, 0.15) is 28.8 Å². The van der Waals surface area contributed by atoms with E-state index in [0.717, 1.165) is 25.9 Å². The van der Waals surface area contributed by atoms with Crippen LogP contribution in [0.25, 0.3) is 0 Å². The molecule has 136 valence electrons. The normalized spacial score (nSPS) is 13.5. The van der Waals surface area contributed by atoms with Gasteiger partial charge in [-0.15, -0.1) is 0 Å². The van der Waals surface area contributed by atoms with Crippen molar-refractivity contribution in [1.29, 1.82) is 0 Å². The van der Waals surface area contributed by atoms with Crippen LogP contribution >= 0.6 is 0 Å². The van der Waals surface area contributed by atoms with Gasteiger partial charge in [-0.25, -0.2) is 14.2 Å². The number of aromatic amines is 1. The molecule has 3 rings (SSSR count). The maximum Gasteiger partial charge on any atom is 0.347 e. The van der Waals surface area contributed by atoms with Gasteiger partial charge in [0.05, 0.1) is 19.3 Å². The van der Waals surface area contributed by atoms with Crippen LogP contribution in [0.3, 0.4) is 0 Å². The monoisotopic (exact) mass is 358 g/mol. The number of pyridine rings is 1. The van der Waals surface area contributed by atoms with E-state index in [4.69, 9.17) is 4.74 Å². The lowest BCUT2D eigenvalue weighted by molar-refractivity contribution is -0.364. The van der Waals surface area contributed by atoms with E-state index in [1.54, 1.807) is 37.4 Å². The van der Waals surface area contributed by atoms with Crippen LogP contribution in [0.15, 0.2) is 36.5 Å². The van der Waals surface area contributed by atoms with Crippen LogP contribution in [-0.2, 0) is 9.53 Å². The number of rotatable bonds is 5. The highest BCUT2D eigenvalue weighted by atomic mass is 19.1. The topological polar surface area (TPSA) is 72.8 Å². The summed E-state index contributed by atoms with van der Waals surface area (Å²) < 4.78 is 18.6. The summed E-state index contributed by atoms with van der Waals surface area (Å²) in [7, 11) is 0. The first-order valence-electron chi connectivity index (χ1n) is 8.53. The highest BCUT2D eigenvalue weighted by Crippen LogP contribution is 2.20. The zero-order valence-corrected chi connectivity index (χ0v) is 14.5. The molecular formula is C19H21FN3O3+. The van der Waals surface area contributed by atoms with Crippen molar-refractivity contribution < 1.29 is 23.7 Å². The molecule has 1 aliphatic rings. The molecule has 2 aromatic rings. The number of hydrogen-bond donors (Lipinski definition) is 1. The van der Waals surface area contributed by atoms with Crippen LogP contribution in [0, 0.1) is 12.7 Å². The van der Waals surface area contributed by atoms with Crippen molar-refractivity contribution in [3.8, 4) is 0 Å². The molecule has 0 bridgehead atoms. The van der Waals surface area contributed by atoms with Crippen molar-refractivity contribution in [2.75, 3.05) is 29.9 Å². The highest BCUT2D eigenvalue weighted by Gasteiger charge is 2.27. The minimum atomic E-state index is -0.575. The maximum absolute atomic E-state index is 13.5. The molecule has 6 nitrogen and oxygen atoms in total. The number of ether oxygens (including phenoxy) is 1. The lowest BCUT2D eigenvalue weighted by Crippen LogP contribution is -2.29. The van der Waals surface area contributed by atoms with E-state index in [1.807, 2.05) is 0 Å². The molecular weight excluding hydrogens is 337 g/mol. The number of benzene rings is 1. The number of aromatic nitrogens is 1. The van der Waals surface area contributed by atoms with Crippen LogP contribution in [-0.4, -0.2) is 31.6 Å². The Labute approximate surface area is 151 Å². The third kappa shape index (κ3) is 4.17. The molecule has 0 spiro atoms. The van der Waals surface area contributed by atoms with Gasteiger partial charge in [-0.3, -0.25) is 9.69 Å². The van der Waals surface area contributed by atoms with Crippen LogP contribution in [0.5, 0.6) is 0 Å². The maximum atomic E-state index is 13.5. The zero-order valence-electron chi connectivity index (χ0n) is 14.5.